The van der Waals surface area contributed by atoms with Gasteiger partial charge in [0.15, 0.2) is 104 Å². The zero-order chi connectivity index (χ0) is 49.4. The number of halogens is 15. The van der Waals surface area contributed by atoms with Crippen LogP contribution in [0.4, 0.5) is 71.7 Å². The van der Waals surface area contributed by atoms with Crippen LogP contribution in [0.15, 0.2) is 0 Å². The van der Waals surface area contributed by atoms with Gasteiger partial charge >= 0.3 is 0 Å². The molecule has 0 aliphatic rings. The number of nitriles is 2. The van der Waals surface area contributed by atoms with E-state index in [2.05, 4.69) is 64.7 Å². The third kappa shape index (κ3) is 5.96. The van der Waals surface area contributed by atoms with Crippen LogP contribution in [0, 0.1) is 116 Å². The molecule has 0 bridgehead atoms. The van der Waals surface area contributed by atoms with Gasteiger partial charge in [0, 0.05) is 0 Å². The quantitative estimate of drug-likeness (QED) is 0.0405. The molecule has 0 radical (unpaired) electrons. The van der Waals surface area contributed by atoms with Crippen molar-refractivity contribution in [1.29, 1.82) is 10.5 Å². The number of benzene rings is 4. The molecule has 0 aliphatic carbocycles. The van der Waals surface area contributed by atoms with E-state index >= 15 is 26.3 Å². The van der Waals surface area contributed by atoms with Crippen molar-refractivity contribution in [1.82, 2.24) is 59.8 Å². The average Bonchev–Trinajstić information content (AvgIpc) is 3.35. The minimum absolute atomic E-state index is 0.613. The molecular formula is C39F15N15. The van der Waals surface area contributed by atoms with Gasteiger partial charge in [0.05, 0.1) is 16.7 Å². The lowest BCUT2D eigenvalue weighted by molar-refractivity contribution is 0.381. The number of nitrogens with zero attached hydrogens (tertiary/aromatic N) is 15. The van der Waals surface area contributed by atoms with Crippen molar-refractivity contribution in [2.75, 3.05) is 0 Å². The highest BCUT2D eigenvalue weighted by Gasteiger charge is 2.34. The highest BCUT2D eigenvalue weighted by atomic mass is 19.2. The summed E-state index contributed by atoms with van der Waals surface area (Å²) in [6, 6.07) is 2.71. The average molecular weight is 964 g/mol. The molecule has 6 aromatic heterocycles. The third-order valence-electron chi connectivity index (χ3n) is 9.87. The van der Waals surface area contributed by atoms with Crippen molar-refractivity contribution in [3.8, 4) is 45.9 Å². The molecule has 69 heavy (non-hydrogen) atoms. The van der Waals surface area contributed by atoms with Crippen molar-refractivity contribution in [3.05, 3.63) is 110 Å². The first-order valence-electron chi connectivity index (χ1n) is 17.8. The number of hydrogen-bond donors (Lipinski definition) is 0. The van der Waals surface area contributed by atoms with Crippen LogP contribution < -0.4 is 0 Å². The predicted octanol–water partition coefficient (Wildman–Crippen LogP) is 8.73. The van der Waals surface area contributed by atoms with Crippen LogP contribution in [0.25, 0.3) is 106 Å². The molecular weight excluding hydrogens is 964 g/mol. The first-order chi connectivity index (χ1) is 32.8. The summed E-state index contributed by atoms with van der Waals surface area (Å²) in [7, 11) is 0. The summed E-state index contributed by atoms with van der Waals surface area (Å²) in [6.45, 7) is 7.55. The highest BCUT2D eigenvalue weighted by molar-refractivity contribution is 6.20. The van der Waals surface area contributed by atoms with Gasteiger partial charge < -0.3 is 4.85 Å². The summed E-state index contributed by atoms with van der Waals surface area (Å²) < 4.78 is 219. The van der Waals surface area contributed by atoms with Crippen LogP contribution in [0.5, 0.6) is 0 Å². The minimum atomic E-state index is -2.58. The molecule has 4 aromatic carbocycles. The molecule has 6 heterocycles. The van der Waals surface area contributed by atoms with Crippen LogP contribution in [0.1, 0.15) is 11.4 Å². The standard InChI is InChI=1S/C39F15N15/c1-57-33-26(8-13(44)19(50)23(54)20(51)14(8)45)62-38-39(69-33)68-32-30-27(63-35-37(66-30)61-25(5(3-56)59-35)7-11(42)17(48)22(53)18(49)12(7)43)29-28(31(32)67-38)64-34-36(65-29)60-24(4(2-55)58-34)6-9(40)15(46)21(52)16(47)10(6)41. The SMILES string of the molecule is [C-]#[N+]c1nc2nc3c4nc5nc(-c6c(F)c(F)c(F)c(F)c6F)c(C#N)nc5nc4c4nc5nc(-c6c(F)c(F)c(F)c(F)c6F)c(C#N)nc5nc4c3nc2nc1-c1c(F)c(F)c(F)c(F)c1F. The highest BCUT2D eigenvalue weighted by Crippen LogP contribution is 2.39. The number of hydrogen-bond acceptors (Lipinski definition) is 14. The molecule has 0 saturated carbocycles. The third-order valence-corrected chi connectivity index (χ3v) is 9.87. The zero-order valence-electron chi connectivity index (χ0n) is 31.9. The topological polar surface area (TPSA) is 207 Å². The number of aromatic nitrogens is 12. The molecule has 0 aliphatic heterocycles. The molecule has 336 valence electrons. The van der Waals surface area contributed by atoms with Gasteiger partial charge in [0.25, 0.3) is 11.5 Å². The largest absolute Gasteiger partial charge is 0.359 e. The van der Waals surface area contributed by atoms with E-state index in [9.17, 15) is 50.0 Å². The second-order valence-electron chi connectivity index (χ2n) is 13.6. The van der Waals surface area contributed by atoms with E-state index in [1.807, 2.05) is 0 Å². The number of fused-ring (bicyclic) bond motifs is 9. The molecule has 0 saturated heterocycles. The fraction of sp³-hybridized carbons (Fsp3) is 0. The van der Waals surface area contributed by atoms with Crippen molar-refractivity contribution in [2.45, 2.75) is 0 Å². The van der Waals surface area contributed by atoms with E-state index < -0.39 is 205 Å². The number of rotatable bonds is 3. The first kappa shape index (κ1) is 43.2. The molecule has 0 amide bonds. The lowest BCUT2D eigenvalue weighted by Gasteiger charge is -2.12. The molecule has 30 heteroatoms. The van der Waals surface area contributed by atoms with E-state index in [0.29, 0.717) is 0 Å². The van der Waals surface area contributed by atoms with Crippen LogP contribution in [-0.2, 0) is 0 Å². The maximum atomic E-state index is 15.1. The van der Waals surface area contributed by atoms with Crippen molar-refractivity contribution >= 4 is 72.8 Å². The van der Waals surface area contributed by atoms with E-state index in [4.69, 9.17) is 6.57 Å². The molecule has 10 aromatic rings. The van der Waals surface area contributed by atoms with E-state index in [1.165, 1.54) is 12.1 Å². The Bertz CT molecular complexity index is 3720. The van der Waals surface area contributed by atoms with Gasteiger partial charge in [-0.2, -0.15) is 15.5 Å². The summed E-state index contributed by atoms with van der Waals surface area (Å²) in [5, 5.41) is 19.8. The molecule has 0 atom stereocenters. The Morgan fingerprint density at radius 1 is 0.290 bits per heavy atom. The van der Waals surface area contributed by atoms with Crippen LogP contribution in [0.2, 0.25) is 0 Å². The minimum Gasteiger partial charge on any atom is -0.359 e. The molecule has 0 unspecified atom stereocenters. The van der Waals surface area contributed by atoms with Crippen LogP contribution in [0.3, 0.4) is 0 Å². The Morgan fingerprint density at radius 3 is 0.768 bits per heavy atom. The maximum absolute atomic E-state index is 15.1. The fourth-order valence-corrected chi connectivity index (χ4v) is 6.83. The molecule has 0 spiro atoms. The van der Waals surface area contributed by atoms with Gasteiger partial charge in [0.2, 0.25) is 23.1 Å². The predicted molar refractivity (Wildman–Crippen MR) is 196 cm³/mol. The Morgan fingerprint density at radius 2 is 0.507 bits per heavy atom. The second-order valence-corrected chi connectivity index (χ2v) is 13.6. The monoisotopic (exact) mass is 963 g/mol. The maximum Gasteiger partial charge on any atom is 0.298 e. The molecule has 10 rings (SSSR count). The van der Waals surface area contributed by atoms with Crippen molar-refractivity contribution in [2.24, 2.45) is 0 Å². The van der Waals surface area contributed by atoms with E-state index in [-0.39, 0.29) is 0 Å². The van der Waals surface area contributed by atoms with E-state index in [0.717, 1.165) is 0 Å². The fourth-order valence-electron chi connectivity index (χ4n) is 6.83. The molecule has 0 fully saturated rings. The zero-order valence-corrected chi connectivity index (χ0v) is 31.9. The van der Waals surface area contributed by atoms with Gasteiger partial charge in [-0.05, 0) is 0 Å². The van der Waals surface area contributed by atoms with Crippen LogP contribution in [-0.4, -0.2) is 59.8 Å². The van der Waals surface area contributed by atoms with Crippen LogP contribution >= 0.6 is 0 Å². The van der Waals surface area contributed by atoms with Gasteiger partial charge in [-0.1, -0.05) is 11.6 Å². The lowest BCUT2D eigenvalue weighted by Crippen LogP contribution is -2.09. The summed E-state index contributed by atoms with van der Waals surface area (Å²) in [5.74, 6) is -38.4. The van der Waals surface area contributed by atoms with Gasteiger partial charge in [-0.3, -0.25) is 0 Å². The van der Waals surface area contributed by atoms with Gasteiger partial charge in [-0.15, -0.1) is 0 Å². The smallest absolute Gasteiger partial charge is 0.298 e. The molecule has 0 N–H and O–H groups in total. The second kappa shape index (κ2) is 14.9. The van der Waals surface area contributed by atoms with Crippen molar-refractivity contribution < 1.29 is 65.9 Å². The Labute approximate surface area is 364 Å². The van der Waals surface area contributed by atoms with E-state index in [1.54, 1.807) is 0 Å². The summed E-state index contributed by atoms with van der Waals surface area (Å²) in [6.07, 6.45) is 0. The lowest BCUT2D eigenvalue weighted by atomic mass is 10.1. The van der Waals surface area contributed by atoms with Gasteiger partial charge in [0.1, 0.15) is 62.3 Å². The Hall–Kier alpha value is -9.66. The van der Waals surface area contributed by atoms with Crippen molar-refractivity contribution in [3.63, 3.8) is 0 Å². The summed E-state index contributed by atoms with van der Waals surface area (Å²) in [4.78, 5) is 50.9. The normalized spacial score (nSPS) is 11.7. The Kier molecular flexibility index (Phi) is 9.36. The molecule has 15 nitrogen and oxygen atoms in total. The van der Waals surface area contributed by atoms with Gasteiger partial charge in [-0.25, -0.2) is 116 Å². The Balaban J connectivity index is 1.36. The summed E-state index contributed by atoms with van der Waals surface area (Å²) >= 11 is 0. The first-order valence-corrected chi connectivity index (χ1v) is 17.8. The summed E-state index contributed by atoms with van der Waals surface area (Å²) in [5.41, 5.74) is -20.1.